The van der Waals surface area contributed by atoms with Crippen molar-refractivity contribution in [3.8, 4) is 0 Å². The van der Waals surface area contributed by atoms with Gasteiger partial charge in [-0.05, 0) is 18.6 Å². The van der Waals surface area contributed by atoms with E-state index < -0.39 is 0 Å². The first-order valence-electron chi connectivity index (χ1n) is 6.86. The van der Waals surface area contributed by atoms with Crippen LogP contribution in [0.3, 0.4) is 0 Å². The highest BCUT2D eigenvalue weighted by atomic mass is 32.1. The number of unbranched alkanes of at least 4 members (excludes halogenated alkanes) is 1. The average Bonchev–Trinajstić information content (AvgIpc) is 3.12. The minimum Gasteiger partial charge on any atom is -0.465 e. The first-order chi connectivity index (χ1) is 10.2. The number of aryl methyl sites for hydroxylation is 1. The van der Waals surface area contributed by atoms with Crippen LogP contribution in [0.15, 0.2) is 18.3 Å². The summed E-state index contributed by atoms with van der Waals surface area (Å²) in [5.41, 5.74) is 0.564. The Morgan fingerprint density at radius 1 is 1.48 bits per heavy atom. The molecule has 0 unspecified atom stereocenters. The quantitative estimate of drug-likeness (QED) is 0.583. The van der Waals surface area contributed by atoms with Gasteiger partial charge in [0.1, 0.15) is 16.4 Å². The van der Waals surface area contributed by atoms with Gasteiger partial charge in [0.2, 0.25) is 0 Å². The fourth-order valence-corrected chi connectivity index (χ4v) is 2.98. The zero-order valence-corrected chi connectivity index (χ0v) is 13.0. The Labute approximate surface area is 127 Å². The number of aldehydes is 1. The zero-order valence-electron chi connectivity index (χ0n) is 12.2. The molecule has 0 spiro atoms. The average molecular weight is 306 g/mol. The highest BCUT2D eigenvalue weighted by Crippen LogP contribution is 2.20. The molecule has 0 aliphatic heterocycles. The van der Waals surface area contributed by atoms with Crippen LogP contribution in [0.1, 0.15) is 50.6 Å². The summed E-state index contributed by atoms with van der Waals surface area (Å²) in [5.74, 6) is 0.575. The van der Waals surface area contributed by atoms with Crippen molar-refractivity contribution in [1.82, 2.24) is 9.55 Å². The second kappa shape index (κ2) is 7.17. The van der Waals surface area contributed by atoms with Crippen molar-refractivity contribution in [2.45, 2.75) is 32.7 Å². The summed E-state index contributed by atoms with van der Waals surface area (Å²) in [6.07, 6.45) is 5.38. The van der Waals surface area contributed by atoms with Crippen LogP contribution >= 0.6 is 11.3 Å². The molecule has 112 valence electrons. The van der Waals surface area contributed by atoms with Crippen molar-refractivity contribution in [3.63, 3.8) is 0 Å². The molecule has 0 N–H and O–H groups in total. The molecular formula is C15H18N2O3S. The Hall–Kier alpha value is -1.95. The highest BCUT2D eigenvalue weighted by Gasteiger charge is 2.13. The molecule has 0 atom stereocenters. The van der Waals surface area contributed by atoms with Crippen molar-refractivity contribution in [2.75, 3.05) is 7.11 Å². The second-order valence-corrected chi connectivity index (χ2v) is 5.83. The number of hydrogen-bond donors (Lipinski definition) is 0. The van der Waals surface area contributed by atoms with Crippen molar-refractivity contribution in [1.29, 1.82) is 0 Å². The smallest absolute Gasteiger partial charge is 0.348 e. The number of carbonyl (C=O) groups is 2. The molecule has 2 aromatic rings. The predicted octanol–water partition coefficient (Wildman–Crippen LogP) is 2.93. The summed E-state index contributed by atoms with van der Waals surface area (Å²) in [7, 11) is 1.37. The van der Waals surface area contributed by atoms with Crippen LogP contribution in [0.25, 0.3) is 0 Å². The molecule has 0 amide bonds. The van der Waals surface area contributed by atoms with Gasteiger partial charge in [-0.25, -0.2) is 9.78 Å². The first-order valence-corrected chi connectivity index (χ1v) is 7.67. The lowest BCUT2D eigenvalue weighted by Crippen LogP contribution is -2.07. The van der Waals surface area contributed by atoms with Crippen LogP contribution < -0.4 is 0 Å². The number of carbonyl (C=O) groups excluding carboxylic acids is 2. The largest absolute Gasteiger partial charge is 0.465 e. The lowest BCUT2D eigenvalue weighted by atomic mass is 10.2. The van der Waals surface area contributed by atoms with Gasteiger partial charge in [-0.2, -0.15) is 0 Å². The van der Waals surface area contributed by atoms with E-state index in [1.54, 1.807) is 12.3 Å². The van der Waals surface area contributed by atoms with Gasteiger partial charge in [0.15, 0.2) is 6.29 Å². The predicted molar refractivity (Wildman–Crippen MR) is 81.0 cm³/mol. The van der Waals surface area contributed by atoms with Crippen LogP contribution in [0, 0.1) is 0 Å². The number of ether oxygens (including phenoxy) is 1. The van der Waals surface area contributed by atoms with Crippen LogP contribution in [0.4, 0.5) is 0 Å². The molecule has 0 fully saturated rings. The fourth-order valence-electron chi connectivity index (χ4n) is 2.07. The third kappa shape index (κ3) is 3.58. The van der Waals surface area contributed by atoms with E-state index in [1.165, 1.54) is 18.4 Å². The molecule has 21 heavy (non-hydrogen) atoms. The highest BCUT2D eigenvalue weighted by molar-refractivity contribution is 7.13. The number of aromatic nitrogens is 2. The molecule has 0 saturated carbocycles. The Bertz CT molecular complexity index is 631. The van der Waals surface area contributed by atoms with E-state index >= 15 is 0 Å². The number of thiophene rings is 1. The second-order valence-electron chi connectivity index (χ2n) is 4.66. The maximum absolute atomic E-state index is 11.5. The lowest BCUT2D eigenvalue weighted by Gasteiger charge is -2.07. The number of rotatable bonds is 7. The van der Waals surface area contributed by atoms with Gasteiger partial charge < -0.3 is 9.30 Å². The van der Waals surface area contributed by atoms with E-state index in [0.717, 1.165) is 36.3 Å². The van der Waals surface area contributed by atoms with Crippen LogP contribution in [0.2, 0.25) is 0 Å². The molecule has 2 heterocycles. The third-order valence-electron chi connectivity index (χ3n) is 3.21. The van der Waals surface area contributed by atoms with Gasteiger partial charge in [-0.15, -0.1) is 11.3 Å². The van der Waals surface area contributed by atoms with E-state index in [-0.39, 0.29) is 5.97 Å². The van der Waals surface area contributed by atoms with E-state index in [1.807, 2.05) is 10.6 Å². The topological polar surface area (TPSA) is 61.2 Å². The molecule has 6 heteroatoms. The molecule has 0 bridgehead atoms. The van der Waals surface area contributed by atoms with Crippen LogP contribution in [-0.4, -0.2) is 28.9 Å². The SMILES string of the molecule is CCCCc1ncc(C=O)n1Cc1ccc(C(=O)OC)s1. The molecule has 5 nitrogen and oxygen atoms in total. The van der Waals surface area contributed by atoms with Crippen LogP contribution in [-0.2, 0) is 17.7 Å². The number of hydrogen-bond acceptors (Lipinski definition) is 5. The van der Waals surface area contributed by atoms with Gasteiger partial charge in [0.05, 0.1) is 19.9 Å². The number of imidazole rings is 1. The van der Waals surface area contributed by atoms with Crippen LogP contribution in [0.5, 0.6) is 0 Å². The molecule has 2 rings (SSSR count). The van der Waals surface area contributed by atoms with E-state index in [0.29, 0.717) is 17.1 Å². The summed E-state index contributed by atoms with van der Waals surface area (Å²) in [6, 6.07) is 3.63. The Morgan fingerprint density at radius 3 is 2.95 bits per heavy atom. The molecule has 2 aromatic heterocycles. The summed E-state index contributed by atoms with van der Waals surface area (Å²) in [5, 5.41) is 0. The van der Waals surface area contributed by atoms with Gasteiger partial charge in [-0.3, -0.25) is 4.79 Å². The molecule has 0 aliphatic rings. The Morgan fingerprint density at radius 2 is 2.29 bits per heavy atom. The fraction of sp³-hybridized carbons (Fsp3) is 0.400. The van der Waals surface area contributed by atoms with Crippen molar-refractivity contribution in [2.24, 2.45) is 0 Å². The number of methoxy groups -OCH3 is 1. The van der Waals surface area contributed by atoms with E-state index in [2.05, 4.69) is 11.9 Å². The standard InChI is InChI=1S/C15H18N2O3S/c1-3-4-5-14-16-8-11(10-18)17(14)9-12-6-7-13(21-12)15(19)20-2/h6-8,10H,3-5,9H2,1-2H3. The van der Waals surface area contributed by atoms with Gasteiger partial charge in [0.25, 0.3) is 0 Å². The summed E-state index contributed by atoms with van der Waals surface area (Å²) in [4.78, 5) is 28.5. The van der Waals surface area contributed by atoms with Crippen molar-refractivity contribution < 1.29 is 14.3 Å². The molecule has 0 aliphatic carbocycles. The summed E-state index contributed by atoms with van der Waals surface area (Å²) < 4.78 is 6.61. The van der Waals surface area contributed by atoms with Gasteiger partial charge in [0, 0.05) is 11.3 Å². The number of nitrogens with zero attached hydrogens (tertiary/aromatic N) is 2. The van der Waals surface area contributed by atoms with E-state index in [9.17, 15) is 9.59 Å². The maximum Gasteiger partial charge on any atom is 0.348 e. The van der Waals surface area contributed by atoms with E-state index in [4.69, 9.17) is 4.74 Å². The number of esters is 1. The Balaban J connectivity index is 2.21. The lowest BCUT2D eigenvalue weighted by molar-refractivity contribution is 0.0606. The third-order valence-corrected chi connectivity index (χ3v) is 4.26. The molecule has 0 saturated heterocycles. The molecule has 0 aromatic carbocycles. The van der Waals surface area contributed by atoms with Crippen molar-refractivity contribution >= 4 is 23.6 Å². The molecule has 0 radical (unpaired) electrons. The van der Waals surface area contributed by atoms with Crippen molar-refractivity contribution in [3.05, 3.63) is 39.6 Å². The summed E-state index contributed by atoms with van der Waals surface area (Å²) in [6.45, 7) is 2.67. The van der Waals surface area contributed by atoms with Gasteiger partial charge in [-0.1, -0.05) is 13.3 Å². The monoisotopic (exact) mass is 306 g/mol. The zero-order chi connectivity index (χ0) is 15.2. The minimum atomic E-state index is -0.335. The molecular weight excluding hydrogens is 288 g/mol. The Kier molecular flexibility index (Phi) is 5.27. The first kappa shape index (κ1) is 15.4. The summed E-state index contributed by atoms with van der Waals surface area (Å²) >= 11 is 1.38. The van der Waals surface area contributed by atoms with Gasteiger partial charge >= 0.3 is 5.97 Å². The normalized spacial score (nSPS) is 10.6. The minimum absolute atomic E-state index is 0.335. The maximum atomic E-state index is 11.5.